The van der Waals surface area contributed by atoms with Crippen LogP contribution in [0.15, 0.2) is 65.4 Å². The van der Waals surface area contributed by atoms with E-state index >= 15 is 0 Å². The van der Waals surface area contributed by atoms with Crippen LogP contribution in [-0.4, -0.2) is 44.7 Å². The number of pyridine rings is 1. The number of nitrogens with zero attached hydrogens (tertiary/aromatic N) is 4. The van der Waals surface area contributed by atoms with E-state index in [4.69, 9.17) is 9.40 Å². The highest BCUT2D eigenvalue weighted by molar-refractivity contribution is 6.06. The molecule has 0 radical (unpaired) electrons. The first kappa shape index (κ1) is 21.4. The van der Waals surface area contributed by atoms with Crippen LogP contribution in [0.5, 0.6) is 0 Å². The molecule has 0 saturated carbocycles. The fourth-order valence-corrected chi connectivity index (χ4v) is 4.60. The monoisotopic (exact) mass is 443 g/mol. The normalized spacial score (nSPS) is 17.6. The van der Waals surface area contributed by atoms with Crippen LogP contribution in [0.4, 0.5) is 0 Å². The van der Waals surface area contributed by atoms with Gasteiger partial charge in [-0.3, -0.25) is 9.69 Å². The van der Waals surface area contributed by atoms with Crippen molar-refractivity contribution in [1.82, 2.24) is 25.0 Å². The third kappa shape index (κ3) is 4.16. The Morgan fingerprint density at radius 3 is 2.70 bits per heavy atom. The topological polar surface area (TPSA) is 76.2 Å². The van der Waals surface area contributed by atoms with Gasteiger partial charge in [-0.15, -0.1) is 0 Å². The molecule has 1 N–H and O–H groups in total. The summed E-state index contributed by atoms with van der Waals surface area (Å²) in [6, 6.07) is 16.5. The van der Waals surface area contributed by atoms with E-state index in [0.29, 0.717) is 28.7 Å². The number of aromatic nitrogens is 3. The largest absolute Gasteiger partial charge is 0.463 e. The van der Waals surface area contributed by atoms with Gasteiger partial charge in [-0.2, -0.15) is 5.10 Å². The van der Waals surface area contributed by atoms with Gasteiger partial charge in [-0.1, -0.05) is 30.3 Å². The molecule has 1 aliphatic heterocycles. The van der Waals surface area contributed by atoms with Gasteiger partial charge in [0, 0.05) is 31.2 Å². The Bertz CT molecular complexity index is 1250. The van der Waals surface area contributed by atoms with Gasteiger partial charge in [-0.25, -0.2) is 9.67 Å². The van der Waals surface area contributed by atoms with Gasteiger partial charge in [0.15, 0.2) is 11.4 Å². The first-order chi connectivity index (χ1) is 16.0. The second-order valence-electron chi connectivity index (χ2n) is 8.99. The Kier molecular flexibility index (Phi) is 5.72. The second-order valence-corrected chi connectivity index (χ2v) is 8.99. The summed E-state index contributed by atoms with van der Waals surface area (Å²) in [6.45, 7) is 8.10. The van der Waals surface area contributed by atoms with Crippen LogP contribution < -0.4 is 5.32 Å². The van der Waals surface area contributed by atoms with Crippen molar-refractivity contribution in [2.45, 2.75) is 45.3 Å². The van der Waals surface area contributed by atoms with Crippen LogP contribution >= 0.6 is 0 Å². The van der Waals surface area contributed by atoms with Crippen molar-refractivity contribution in [2.75, 3.05) is 13.1 Å². The minimum Gasteiger partial charge on any atom is -0.463 e. The molecule has 7 nitrogen and oxygen atoms in total. The average Bonchev–Trinajstić information content (AvgIpc) is 3.59. The number of fused-ring (bicyclic) bond motifs is 1. The first-order valence-corrected chi connectivity index (χ1v) is 11.5. The summed E-state index contributed by atoms with van der Waals surface area (Å²) < 4.78 is 7.41. The van der Waals surface area contributed by atoms with Crippen molar-refractivity contribution in [3.05, 3.63) is 72.1 Å². The summed E-state index contributed by atoms with van der Waals surface area (Å²) in [5.41, 5.74) is 3.19. The molecule has 0 spiro atoms. The van der Waals surface area contributed by atoms with E-state index in [1.807, 2.05) is 28.9 Å². The standard InChI is InChI=1S/C26H29N5O2/c1-17(2)31-25-22(15-27-31)21(14-23(29-25)24-10-7-13-33-24)26(32)28-20-11-12-30(16-20)18(3)19-8-5-4-6-9-19/h4-10,13-15,17-18,20H,11-12,16H2,1-3H3,(H,28,32). The van der Waals surface area contributed by atoms with Gasteiger partial charge in [0.05, 0.1) is 23.4 Å². The lowest BCUT2D eigenvalue weighted by molar-refractivity contribution is 0.0938. The van der Waals surface area contributed by atoms with Crippen LogP contribution in [0.2, 0.25) is 0 Å². The summed E-state index contributed by atoms with van der Waals surface area (Å²) in [5.74, 6) is 0.531. The number of furan rings is 1. The molecule has 3 aromatic heterocycles. The number of carbonyl (C=O) groups is 1. The van der Waals surface area contributed by atoms with Crippen molar-refractivity contribution in [3.63, 3.8) is 0 Å². The van der Waals surface area contributed by atoms with Crippen LogP contribution in [0, 0.1) is 0 Å². The number of nitrogens with one attached hydrogen (secondary N) is 1. The SMILES string of the molecule is CC(c1ccccc1)N1CCC(NC(=O)c2cc(-c3ccco3)nc3c2cnn3C(C)C)C1. The minimum absolute atomic E-state index is 0.0964. The Morgan fingerprint density at radius 1 is 1.15 bits per heavy atom. The average molecular weight is 444 g/mol. The second kappa shape index (κ2) is 8.83. The molecule has 7 heteroatoms. The summed E-state index contributed by atoms with van der Waals surface area (Å²) in [7, 11) is 0. The van der Waals surface area contributed by atoms with E-state index in [1.165, 1.54) is 5.56 Å². The van der Waals surface area contributed by atoms with E-state index in [1.54, 1.807) is 12.5 Å². The summed E-state index contributed by atoms with van der Waals surface area (Å²) in [4.78, 5) is 20.6. The highest BCUT2D eigenvalue weighted by Gasteiger charge is 2.29. The minimum atomic E-state index is -0.0993. The zero-order valence-electron chi connectivity index (χ0n) is 19.2. The predicted octanol–water partition coefficient (Wildman–Crippen LogP) is 4.84. The molecule has 5 rings (SSSR count). The third-order valence-electron chi connectivity index (χ3n) is 6.46. The zero-order valence-corrected chi connectivity index (χ0v) is 19.2. The molecule has 4 heterocycles. The van der Waals surface area contributed by atoms with Crippen molar-refractivity contribution in [3.8, 4) is 11.5 Å². The third-order valence-corrected chi connectivity index (χ3v) is 6.46. The van der Waals surface area contributed by atoms with Crippen molar-refractivity contribution in [1.29, 1.82) is 0 Å². The smallest absolute Gasteiger partial charge is 0.252 e. The molecule has 1 fully saturated rings. The lowest BCUT2D eigenvalue weighted by Gasteiger charge is -2.24. The van der Waals surface area contributed by atoms with Gasteiger partial charge in [-0.05, 0) is 51.0 Å². The molecule has 2 atom stereocenters. The van der Waals surface area contributed by atoms with E-state index in [9.17, 15) is 4.79 Å². The lowest BCUT2D eigenvalue weighted by atomic mass is 10.1. The molecule has 33 heavy (non-hydrogen) atoms. The van der Waals surface area contributed by atoms with E-state index in [0.717, 1.165) is 24.9 Å². The summed E-state index contributed by atoms with van der Waals surface area (Å²) >= 11 is 0. The molecule has 170 valence electrons. The molecule has 0 aliphatic carbocycles. The van der Waals surface area contributed by atoms with Gasteiger partial charge in [0.2, 0.25) is 0 Å². The summed E-state index contributed by atoms with van der Waals surface area (Å²) in [6.07, 6.45) is 4.27. The summed E-state index contributed by atoms with van der Waals surface area (Å²) in [5, 5.41) is 8.51. The Hall–Kier alpha value is -3.45. The maximum absolute atomic E-state index is 13.4. The lowest BCUT2D eigenvalue weighted by Crippen LogP contribution is -2.37. The fourth-order valence-electron chi connectivity index (χ4n) is 4.60. The molecule has 4 aromatic rings. The zero-order chi connectivity index (χ0) is 22.9. The molecule has 1 aromatic carbocycles. The Balaban J connectivity index is 1.39. The van der Waals surface area contributed by atoms with Crippen molar-refractivity contribution in [2.24, 2.45) is 0 Å². The molecular weight excluding hydrogens is 414 g/mol. The number of benzene rings is 1. The fraction of sp³-hybridized carbons (Fsp3) is 0.346. The van der Waals surface area contributed by atoms with Gasteiger partial charge >= 0.3 is 0 Å². The number of carbonyl (C=O) groups excluding carboxylic acids is 1. The number of hydrogen-bond acceptors (Lipinski definition) is 5. The van der Waals surface area contributed by atoms with Gasteiger partial charge in [0.1, 0.15) is 5.69 Å². The molecular formula is C26H29N5O2. The molecule has 2 unspecified atom stereocenters. The number of amides is 1. The quantitative estimate of drug-likeness (QED) is 0.462. The predicted molar refractivity (Wildman–Crippen MR) is 128 cm³/mol. The Labute approximate surface area is 193 Å². The maximum atomic E-state index is 13.4. The highest BCUT2D eigenvalue weighted by atomic mass is 16.3. The number of hydrogen-bond donors (Lipinski definition) is 1. The van der Waals surface area contributed by atoms with Crippen molar-refractivity contribution < 1.29 is 9.21 Å². The van der Waals surface area contributed by atoms with Gasteiger partial charge < -0.3 is 9.73 Å². The highest BCUT2D eigenvalue weighted by Crippen LogP contribution is 2.28. The van der Waals surface area contributed by atoms with E-state index < -0.39 is 0 Å². The number of rotatable bonds is 6. The van der Waals surface area contributed by atoms with Crippen LogP contribution in [-0.2, 0) is 0 Å². The molecule has 1 saturated heterocycles. The molecule has 1 amide bonds. The molecule has 0 bridgehead atoms. The van der Waals surface area contributed by atoms with Crippen LogP contribution in [0.1, 0.15) is 55.2 Å². The number of likely N-dealkylation sites (tertiary alicyclic amines) is 1. The van der Waals surface area contributed by atoms with Crippen molar-refractivity contribution >= 4 is 16.9 Å². The van der Waals surface area contributed by atoms with E-state index in [-0.39, 0.29) is 18.0 Å². The molecule has 1 aliphatic rings. The maximum Gasteiger partial charge on any atom is 0.252 e. The van der Waals surface area contributed by atoms with E-state index in [2.05, 4.69) is 60.4 Å². The Morgan fingerprint density at radius 2 is 1.97 bits per heavy atom. The van der Waals surface area contributed by atoms with Crippen LogP contribution in [0.25, 0.3) is 22.5 Å². The van der Waals surface area contributed by atoms with Gasteiger partial charge in [0.25, 0.3) is 5.91 Å². The first-order valence-electron chi connectivity index (χ1n) is 11.5. The van der Waals surface area contributed by atoms with Crippen LogP contribution in [0.3, 0.4) is 0 Å².